The number of nitrogens with zero attached hydrogens (tertiary/aromatic N) is 3. The average Bonchev–Trinajstić information content (AvgIpc) is 2.98. The van der Waals surface area contributed by atoms with E-state index < -0.39 is 0 Å². The Kier molecular flexibility index (Phi) is 2.64. The van der Waals surface area contributed by atoms with Crippen molar-refractivity contribution in [2.24, 2.45) is 0 Å². The van der Waals surface area contributed by atoms with E-state index in [-0.39, 0.29) is 0 Å². The maximum atomic E-state index is 5.67. The first-order valence-corrected chi connectivity index (χ1v) is 6.04. The summed E-state index contributed by atoms with van der Waals surface area (Å²) in [6.45, 7) is 0. The van der Waals surface area contributed by atoms with Crippen molar-refractivity contribution in [1.29, 1.82) is 0 Å². The highest BCUT2D eigenvalue weighted by Gasteiger charge is 2.07. The zero-order chi connectivity index (χ0) is 12.5. The van der Waals surface area contributed by atoms with Crippen LogP contribution in [0.2, 0.25) is 0 Å². The molecule has 5 nitrogen and oxygen atoms in total. The Morgan fingerprint density at radius 3 is 2.50 bits per heavy atom. The second-order valence-corrected chi connectivity index (χ2v) is 4.67. The van der Waals surface area contributed by atoms with Crippen LogP contribution in [0.15, 0.2) is 51.9 Å². The maximum absolute atomic E-state index is 5.67. The molecule has 0 saturated carbocycles. The smallest absolute Gasteiger partial charge is 0.229 e. The van der Waals surface area contributed by atoms with Gasteiger partial charge in [0.15, 0.2) is 0 Å². The molecule has 1 aromatic carbocycles. The fourth-order valence-corrected chi connectivity index (χ4v) is 1.99. The fraction of sp³-hybridized carbons (Fsp3) is 0. The Bertz CT molecular complexity index is 671. The van der Waals surface area contributed by atoms with Gasteiger partial charge in [0.2, 0.25) is 5.88 Å². The minimum Gasteiger partial charge on any atom is -0.367 e. The Labute approximate surface area is 111 Å². The molecule has 0 unspecified atom stereocenters. The molecule has 0 aliphatic carbocycles. The third kappa shape index (κ3) is 1.91. The summed E-state index contributed by atoms with van der Waals surface area (Å²) in [4.78, 5) is 0. The zero-order valence-corrected chi connectivity index (χ0v) is 10.8. The molecular weight excluding hydrogens is 296 g/mol. The molecule has 0 bridgehead atoms. The summed E-state index contributed by atoms with van der Waals surface area (Å²) in [5.41, 5.74) is 8.40. The van der Waals surface area contributed by atoms with E-state index in [2.05, 4.69) is 26.2 Å². The molecular formula is C12H9BrN4O. The van der Waals surface area contributed by atoms with Crippen LogP contribution in [0.25, 0.3) is 16.8 Å². The first-order chi connectivity index (χ1) is 8.74. The number of rotatable bonds is 2. The summed E-state index contributed by atoms with van der Waals surface area (Å²) >= 11 is 3.36. The van der Waals surface area contributed by atoms with Crippen molar-refractivity contribution in [3.05, 3.63) is 47.3 Å². The quantitative estimate of drug-likeness (QED) is 0.790. The number of hydrogen-bond acceptors (Lipinski definition) is 4. The molecule has 18 heavy (non-hydrogen) atoms. The van der Waals surface area contributed by atoms with Crippen molar-refractivity contribution in [2.75, 3.05) is 5.73 Å². The number of benzene rings is 1. The van der Waals surface area contributed by atoms with Crippen LogP contribution < -0.4 is 5.73 Å². The Morgan fingerprint density at radius 2 is 1.94 bits per heavy atom. The molecule has 3 rings (SSSR count). The standard InChI is InChI=1S/C12H9BrN4O/c13-9-5-15-17(7-9)10-3-1-8(2-4-10)11-6-16-18-12(11)14/h1-7H,14H2. The first-order valence-electron chi connectivity index (χ1n) is 5.25. The van der Waals surface area contributed by atoms with Gasteiger partial charge >= 0.3 is 0 Å². The molecule has 0 fully saturated rings. The molecule has 0 amide bonds. The highest BCUT2D eigenvalue weighted by atomic mass is 79.9. The number of hydrogen-bond donors (Lipinski definition) is 1. The van der Waals surface area contributed by atoms with Gasteiger partial charge in [-0.2, -0.15) is 5.10 Å². The molecule has 90 valence electrons. The topological polar surface area (TPSA) is 69.9 Å². The summed E-state index contributed by atoms with van der Waals surface area (Å²) in [7, 11) is 0. The Balaban J connectivity index is 1.97. The average molecular weight is 305 g/mol. The normalized spacial score (nSPS) is 10.7. The number of halogens is 1. The molecule has 0 atom stereocenters. The second-order valence-electron chi connectivity index (χ2n) is 3.75. The monoisotopic (exact) mass is 304 g/mol. The number of nitrogen functional groups attached to an aromatic ring is 1. The molecule has 2 heterocycles. The van der Waals surface area contributed by atoms with Gasteiger partial charge < -0.3 is 10.3 Å². The number of anilines is 1. The molecule has 0 radical (unpaired) electrons. The van der Waals surface area contributed by atoms with Crippen LogP contribution in [0.1, 0.15) is 0 Å². The van der Waals surface area contributed by atoms with E-state index in [1.807, 2.05) is 30.5 Å². The summed E-state index contributed by atoms with van der Waals surface area (Å²) in [5, 5.41) is 7.87. The van der Waals surface area contributed by atoms with E-state index in [0.717, 1.165) is 21.3 Å². The highest BCUT2D eigenvalue weighted by molar-refractivity contribution is 9.10. The van der Waals surface area contributed by atoms with Gasteiger partial charge in [-0.25, -0.2) is 4.68 Å². The molecule has 0 aliphatic heterocycles. The number of aromatic nitrogens is 3. The zero-order valence-electron chi connectivity index (χ0n) is 9.25. The van der Waals surface area contributed by atoms with Crippen molar-refractivity contribution in [1.82, 2.24) is 14.9 Å². The van der Waals surface area contributed by atoms with Crippen molar-refractivity contribution in [2.45, 2.75) is 0 Å². The molecule has 0 aliphatic rings. The third-order valence-electron chi connectivity index (χ3n) is 2.59. The van der Waals surface area contributed by atoms with E-state index in [1.165, 1.54) is 0 Å². The van der Waals surface area contributed by atoms with Gasteiger partial charge in [-0.15, -0.1) is 0 Å². The van der Waals surface area contributed by atoms with Crippen LogP contribution in [0.5, 0.6) is 0 Å². The summed E-state index contributed by atoms with van der Waals surface area (Å²) in [6, 6.07) is 7.82. The van der Waals surface area contributed by atoms with Gasteiger partial charge in [-0.3, -0.25) is 0 Å². The van der Waals surface area contributed by atoms with Gasteiger partial charge in [0.1, 0.15) is 0 Å². The molecule has 0 spiro atoms. The van der Waals surface area contributed by atoms with Crippen LogP contribution in [0.3, 0.4) is 0 Å². The first kappa shape index (κ1) is 11.0. The minimum absolute atomic E-state index is 0.324. The largest absolute Gasteiger partial charge is 0.367 e. The minimum atomic E-state index is 0.324. The van der Waals surface area contributed by atoms with Crippen LogP contribution in [0.4, 0.5) is 5.88 Å². The van der Waals surface area contributed by atoms with Crippen molar-refractivity contribution >= 4 is 21.8 Å². The lowest BCUT2D eigenvalue weighted by atomic mass is 10.1. The van der Waals surface area contributed by atoms with Gasteiger partial charge in [0, 0.05) is 6.20 Å². The molecule has 2 N–H and O–H groups in total. The van der Waals surface area contributed by atoms with Crippen LogP contribution in [0, 0.1) is 0 Å². The van der Waals surface area contributed by atoms with E-state index in [1.54, 1.807) is 17.1 Å². The lowest BCUT2D eigenvalue weighted by molar-refractivity contribution is 0.436. The maximum Gasteiger partial charge on any atom is 0.229 e. The Morgan fingerprint density at radius 1 is 1.17 bits per heavy atom. The SMILES string of the molecule is Nc1oncc1-c1ccc(-n2cc(Br)cn2)cc1. The summed E-state index contributed by atoms with van der Waals surface area (Å²) in [6.07, 6.45) is 5.24. The lowest BCUT2D eigenvalue weighted by Gasteiger charge is -2.02. The van der Waals surface area contributed by atoms with E-state index in [0.29, 0.717) is 5.88 Å². The van der Waals surface area contributed by atoms with Crippen LogP contribution in [-0.2, 0) is 0 Å². The molecule has 2 aromatic heterocycles. The molecule has 0 saturated heterocycles. The second kappa shape index (κ2) is 4.30. The predicted octanol–water partition coefficient (Wildman–Crippen LogP) is 2.87. The highest BCUT2D eigenvalue weighted by Crippen LogP contribution is 2.26. The van der Waals surface area contributed by atoms with Gasteiger partial charge in [0.05, 0.1) is 28.1 Å². The molecule has 3 aromatic rings. The molecule has 6 heteroatoms. The van der Waals surface area contributed by atoms with Gasteiger partial charge in [-0.05, 0) is 33.6 Å². The van der Waals surface area contributed by atoms with Crippen LogP contribution >= 0.6 is 15.9 Å². The Hall–Kier alpha value is -2.08. The lowest BCUT2D eigenvalue weighted by Crippen LogP contribution is -1.93. The van der Waals surface area contributed by atoms with E-state index >= 15 is 0 Å². The van der Waals surface area contributed by atoms with Gasteiger partial charge in [-0.1, -0.05) is 17.3 Å². The van der Waals surface area contributed by atoms with Crippen molar-refractivity contribution in [3.63, 3.8) is 0 Å². The fourth-order valence-electron chi connectivity index (χ4n) is 1.70. The predicted molar refractivity (Wildman–Crippen MR) is 71.2 cm³/mol. The summed E-state index contributed by atoms with van der Waals surface area (Å²) < 4.78 is 7.56. The summed E-state index contributed by atoms with van der Waals surface area (Å²) in [5.74, 6) is 0.324. The van der Waals surface area contributed by atoms with Crippen molar-refractivity contribution < 1.29 is 4.52 Å². The number of nitrogens with two attached hydrogens (primary N) is 1. The van der Waals surface area contributed by atoms with E-state index in [9.17, 15) is 0 Å². The van der Waals surface area contributed by atoms with Crippen molar-refractivity contribution in [3.8, 4) is 16.8 Å². The third-order valence-corrected chi connectivity index (χ3v) is 3.00. The van der Waals surface area contributed by atoms with E-state index in [4.69, 9.17) is 10.3 Å². The van der Waals surface area contributed by atoms with Crippen LogP contribution in [-0.4, -0.2) is 14.9 Å². The van der Waals surface area contributed by atoms with Gasteiger partial charge in [0.25, 0.3) is 0 Å².